The molecule has 0 bridgehead atoms. The van der Waals surface area contributed by atoms with Crippen LogP contribution in [0.25, 0.3) is 15.3 Å². The molecule has 0 atom stereocenters. The van der Waals surface area contributed by atoms with E-state index in [-0.39, 0.29) is 20.3 Å². The van der Waals surface area contributed by atoms with Crippen LogP contribution >= 0.6 is 0 Å². The molecule has 0 unspecified atom stereocenters. The Kier molecular flexibility index (Phi) is 2.50. The van der Waals surface area contributed by atoms with Crippen LogP contribution in [0.15, 0.2) is 53.3 Å². The summed E-state index contributed by atoms with van der Waals surface area (Å²) in [5, 5.41) is 0.861. The van der Waals surface area contributed by atoms with Gasteiger partial charge in [0.15, 0.2) is 0 Å². The van der Waals surface area contributed by atoms with Crippen molar-refractivity contribution in [3.8, 4) is 5.69 Å². The first-order chi connectivity index (χ1) is 8.25. The molecule has 1 heterocycles. The van der Waals surface area contributed by atoms with E-state index < -0.39 is 0 Å². The summed E-state index contributed by atoms with van der Waals surface area (Å²) in [6, 6.07) is 15.9. The average molecular weight is 288 g/mol. The quantitative estimate of drug-likeness (QED) is 0.630. The molecule has 2 aromatic carbocycles. The van der Waals surface area contributed by atoms with Gasteiger partial charge in [-0.1, -0.05) is 0 Å². The van der Waals surface area contributed by atoms with E-state index in [1.807, 2.05) is 46.0 Å². The molecule has 1 aromatic heterocycles. The van der Waals surface area contributed by atoms with E-state index in [2.05, 4.69) is 13.0 Å². The molecule has 0 amide bonds. The summed E-state index contributed by atoms with van der Waals surface area (Å²) in [7, 11) is 0. The van der Waals surface area contributed by atoms with Crippen LogP contribution in [-0.4, -0.2) is 18.3 Å². The standard InChI is InChI=1S/C14H11NOSe/c1-10-7-8-12-13(9-10)17-15(14(12)16)11-5-3-2-4-6-11/h2-9H,1H3. The van der Waals surface area contributed by atoms with Gasteiger partial charge >= 0.3 is 105 Å². The van der Waals surface area contributed by atoms with E-state index in [4.69, 9.17) is 0 Å². The molecule has 2 nitrogen and oxygen atoms in total. The zero-order valence-corrected chi connectivity index (χ0v) is 11.1. The number of nitrogens with zero attached hydrogens (tertiary/aromatic N) is 1. The second-order valence-corrected chi connectivity index (χ2v) is 6.10. The van der Waals surface area contributed by atoms with Gasteiger partial charge in [0.1, 0.15) is 0 Å². The van der Waals surface area contributed by atoms with E-state index >= 15 is 0 Å². The summed E-state index contributed by atoms with van der Waals surface area (Å²) in [4.78, 5) is 12.3. The predicted molar refractivity (Wildman–Crippen MR) is 71.2 cm³/mol. The minimum absolute atomic E-state index is 0.0692. The van der Waals surface area contributed by atoms with E-state index in [1.54, 1.807) is 0 Å². The molecule has 17 heavy (non-hydrogen) atoms. The van der Waals surface area contributed by atoms with Crippen molar-refractivity contribution in [1.82, 2.24) is 3.56 Å². The van der Waals surface area contributed by atoms with Crippen LogP contribution in [0.4, 0.5) is 0 Å². The number of rotatable bonds is 1. The predicted octanol–water partition coefficient (Wildman–Crippen LogP) is 2.36. The van der Waals surface area contributed by atoms with Gasteiger partial charge in [0.05, 0.1) is 0 Å². The third kappa shape index (κ3) is 1.78. The Morgan fingerprint density at radius 3 is 2.59 bits per heavy atom. The fourth-order valence-electron chi connectivity index (χ4n) is 1.86. The maximum absolute atomic E-state index is 12.3. The van der Waals surface area contributed by atoms with Gasteiger partial charge in [-0.2, -0.15) is 0 Å². The van der Waals surface area contributed by atoms with Gasteiger partial charge in [0.2, 0.25) is 0 Å². The maximum atomic E-state index is 12.3. The van der Waals surface area contributed by atoms with Gasteiger partial charge in [-0.15, -0.1) is 0 Å². The molecule has 0 fully saturated rings. The van der Waals surface area contributed by atoms with E-state index in [9.17, 15) is 4.79 Å². The second-order valence-electron chi connectivity index (χ2n) is 4.03. The van der Waals surface area contributed by atoms with E-state index in [1.165, 1.54) is 9.82 Å². The van der Waals surface area contributed by atoms with Gasteiger partial charge in [0, 0.05) is 0 Å². The number of aryl methyl sites for hydroxylation is 1. The molecular weight excluding hydrogens is 277 g/mol. The van der Waals surface area contributed by atoms with Crippen LogP contribution in [0.3, 0.4) is 0 Å². The number of hydrogen-bond donors (Lipinski definition) is 0. The van der Waals surface area contributed by atoms with Crippen LogP contribution < -0.4 is 5.56 Å². The third-order valence-corrected chi connectivity index (χ3v) is 5.03. The summed E-state index contributed by atoms with van der Waals surface area (Å²) in [6.07, 6.45) is 0. The van der Waals surface area contributed by atoms with E-state index in [0.717, 1.165) is 11.1 Å². The van der Waals surface area contributed by atoms with Crippen LogP contribution in [0.5, 0.6) is 0 Å². The van der Waals surface area contributed by atoms with E-state index in [0.29, 0.717) is 0 Å². The fourth-order valence-corrected chi connectivity index (χ4v) is 4.17. The molecule has 84 valence electrons. The van der Waals surface area contributed by atoms with Crippen LogP contribution in [0, 0.1) is 6.92 Å². The molecule has 0 N–H and O–H groups in total. The first-order valence-corrected chi connectivity index (χ1v) is 7.06. The van der Waals surface area contributed by atoms with Crippen LogP contribution in [-0.2, 0) is 0 Å². The Bertz CT molecular complexity index is 725. The molecule has 0 radical (unpaired) electrons. The Morgan fingerprint density at radius 2 is 1.82 bits per heavy atom. The third-order valence-electron chi connectivity index (χ3n) is 2.73. The molecule has 3 rings (SSSR count). The van der Waals surface area contributed by atoms with Crippen LogP contribution in [0.1, 0.15) is 5.56 Å². The summed E-state index contributed by atoms with van der Waals surface area (Å²) < 4.78 is 3.07. The van der Waals surface area contributed by atoms with Gasteiger partial charge in [0.25, 0.3) is 0 Å². The second kappa shape index (κ2) is 4.02. The fraction of sp³-hybridized carbons (Fsp3) is 0.0714. The zero-order valence-electron chi connectivity index (χ0n) is 9.38. The Labute approximate surface area is 105 Å². The number of para-hydroxylation sites is 1. The average Bonchev–Trinajstić information content (AvgIpc) is 2.67. The molecule has 0 aliphatic rings. The number of hydrogen-bond acceptors (Lipinski definition) is 1. The van der Waals surface area contributed by atoms with Crippen molar-refractivity contribution >= 4 is 24.4 Å². The molecule has 0 saturated heterocycles. The van der Waals surface area contributed by atoms with Crippen molar-refractivity contribution < 1.29 is 0 Å². The zero-order chi connectivity index (χ0) is 11.8. The van der Waals surface area contributed by atoms with Gasteiger partial charge < -0.3 is 0 Å². The van der Waals surface area contributed by atoms with Crippen molar-refractivity contribution in [1.29, 1.82) is 0 Å². The van der Waals surface area contributed by atoms with Crippen molar-refractivity contribution in [2.45, 2.75) is 6.92 Å². The number of aromatic nitrogens is 1. The normalized spacial score (nSPS) is 10.9. The molecule has 0 spiro atoms. The SMILES string of the molecule is Cc1ccc2c(=O)n(-c3ccccc3)[se]c2c1. The molecule has 0 aliphatic heterocycles. The summed E-state index contributed by atoms with van der Waals surface area (Å²) in [5.74, 6) is 0. The first kappa shape index (κ1) is 10.6. The summed E-state index contributed by atoms with van der Waals surface area (Å²) in [5.41, 5.74) is 2.34. The van der Waals surface area contributed by atoms with Gasteiger partial charge in [-0.25, -0.2) is 0 Å². The molecule has 3 heteroatoms. The summed E-state index contributed by atoms with van der Waals surface area (Å²) in [6.45, 7) is 2.06. The van der Waals surface area contributed by atoms with Crippen molar-refractivity contribution in [3.63, 3.8) is 0 Å². The van der Waals surface area contributed by atoms with Gasteiger partial charge in [-0.3, -0.25) is 0 Å². The Balaban J connectivity index is 2.32. The van der Waals surface area contributed by atoms with Crippen molar-refractivity contribution in [2.75, 3.05) is 0 Å². The first-order valence-electron chi connectivity index (χ1n) is 5.44. The summed E-state index contributed by atoms with van der Waals surface area (Å²) >= 11 is 0.0692. The van der Waals surface area contributed by atoms with Gasteiger partial charge in [-0.05, 0) is 0 Å². The number of benzene rings is 2. The van der Waals surface area contributed by atoms with Crippen molar-refractivity contribution in [2.24, 2.45) is 0 Å². The van der Waals surface area contributed by atoms with Crippen molar-refractivity contribution in [3.05, 3.63) is 64.4 Å². The Hall–Kier alpha value is -1.57. The number of fused-ring (bicyclic) bond motifs is 1. The van der Waals surface area contributed by atoms with Crippen LogP contribution in [0.2, 0.25) is 0 Å². The topological polar surface area (TPSA) is 22.0 Å². The Morgan fingerprint density at radius 1 is 1.06 bits per heavy atom. The molecule has 0 aliphatic carbocycles. The monoisotopic (exact) mass is 289 g/mol. The molecule has 0 saturated carbocycles. The molecule has 3 aromatic rings. The minimum atomic E-state index is 0.0692. The molecular formula is C14H11NOSe.